The van der Waals surface area contributed by atoms with Gasteiger partial charge in [-0.25, -0.2) is 0 Å². The molecule has 3 fully saturated rings. The lowest BCUT2D eigenvalue weighted by molar-refractivity contribution is -0.132. The molecule has 2 nitrogen and oxygen atoms in total. The van der Waals surface area contributed by atoms with Gasteiger partial charge in [-0.1, -0.05) is 32.1 Å². The predicted molar refractivity (Wildman–Crippen MR) is 96.6 cm³/mol. The number of hydrogen-bond donors (Lipinski definition) is 0. The topological polar surface area (TPSA) is 26.3 Å². The summed E-state index contributed by atoms with van der Waals surface area (Å²) in [7, 11) is 0. The van der Waals surface area contributed by atoms with Crippen LogP contribution in [0, 0.1) is 28.6 Å². The van der Waals surface area contributed by atoms with Crippen LogP contribution in [0.3, 0.4) is 0 Å². The molecule has 4 rings (SSSR count). The average molecular weight is 328 g/mol. The van der Waals surface area contributed by atoms with Gasteiger partial charge in [-0.15, -0.1) is 0 Å². The highest BCUT2D eigenvalue weighted by Crippen LogP contribution is 2.65. The third-order valence-electron chi connectivity index (χ3n) is 8.12. The van der Waals surface area contributed by atoms with Crippen molar-refractivity contribution in [2.75, 3.05) is 6.61 Å². The number of allylic oxidation sites excluding steroid dienone is 2. The summed E-state index contributed by atoms with van der Waals surface area (Å²) in [6.45, 7) is 12.1. The average Bonchev–Trinajstić information content (AvgIpc) is 2.85. The van der Waals surface area contributed by atoms with E-state index in [-0.39, 0.29) is 16.9 Å². The normalized spacial score (nSPS) is 47.7. The first-order valence-electron chi connectivity index (χ1n) is 9.95. The standard InChI is InChI=1S/C22H32O2/c1-5-24-15-8-10-21(3)18-9-11-22(4)17(6-7-20(22)23)16(18)12-14(2)19(21)13-15/h13,15-18H,2,5-12H2,1,3-4H3/t15?,16?,17?,18?,21-,22+/m1/s1. The summed E-state index contributed by atoms with van der Waals surface area (Å²) in [5.74, 6) is 2.50. The Morgan fingerprint density at radius 2 is 1.88 bits per heavy atom. The van der Waals surface area contributed by atoms with E-state index in [1.54, 1.807) is 0 Å². The van der Waals surface area contributed by atoms with E-state index in [0.717, 1.165) is 44.6 Å². The maximum atomic E-state index is 12.5. The van der Waals surface area contributed by atoms with E-state index in [2.05, 4.69) is 33.4 Å². The molecule has 4 unspecified atom stereocenters. The first-order valence-corrected chi connectivity index (χ1v) is 9.95. The van der Waals surface area contributed by atoms with E-state index in [4.69, 9.17) is 4.74 Å². The van der Waals surface area contributed by atoms with Crippen LogP contribution in [0.15, 0.2) is 23.8 Å². The van der Waals surface area contributed by atoms with Gasteiger partial charge in [-0.3, -0.25) is 4.79 Å². The zero-order valence-electron chi connectivity index (χ0n) is 15.6. The number of fused-ring (bicyclic) bond motifs is 5. The highest BCUT2D eigenvalue weighted by atomic mass is 16.5. The van der Waals surface area contributed by atoms with E-state index in [0.29, 0.717) is 17.6 Å². The minimum Gasteiger partial charge on any atom is -0.374 e. The number of carbonyl (C=O) groups excluding carboxylic acids is 1. The molecular formula is C22H32O2. The molecule has 2 heteroatoms. The molecular weight excluding hydrogens is 296 g/mol. The number of carbonyl (C=O) groups is 1. The molecule has 0 saturated heterocycles. The van der Waals surface area contributed by atoms with Crippen molar-refractivity contribution in [1.82, 2.24) is 0 Å². The van der Waals surface area contributed by atoms with Crippen LogP contribution in [0.4, 0.5) is 0 Å². The third kappa shape index (κ3) is 2.14. The Balaban J connectivity index is 1.68. The summed E-state index contributed by atoms with van der Waals surface area (Å²) >= 11 is 0. The Labute approximate surface area is 146 Å². The van der Waals surface area contributed by atoms with Gasteiger partial charge in [0.15, 0.2) is 0 Å². The molecule has 0 aromatic carbocycles. The molecule has 24 heavy (non-hydrogen) atoms. The van der Waals surface area contributed by atoms with Gasteiger partial charge in [0.05, 0.1) is 6.10 Å². The van der Waals surface area contributed by atoms with Crippen LogP contribution < -0.4 is 0 Å². The molecule has 0 N–H and O–H groups in total. The molecule has 3 saturated carbocycles. The van der Waals surface area contributed by atoms with Crippen molar-refractivity contribution in [2.24, 2.45) is 28.6 Å². The van der Waals surface area contributed by atoms with Gasteiger partial charge < -0.3 is 4.74 Å². The summed E-state index contributed by atoms with van der Waals surface area (Å²) in [5.41, 5.74) is 3.02. The van der Waals surface area contributed by atoms with Crippen molar-refractivity contribution in [3.05, 3.63) is 23.8 Å². The van der Waals surface area contributed by atoms with Crippen LogP contribution in [-0.4, -0.2) is 18.5 Å². The third-order valence-corrected chi connectivity index (χ3v) is 8.12. The fraction of sp³-hybridized carbons (Fsp3) is 0.773. The maximum absolute atomic E-state index is 12.5. The molecule has 132 valence electrons. The van der Waals surface area contributed by atoms with Crippen LogP contribution in [-0.2, 0) is 9.53 Å². The molecule has 0 bridgehead atoms. The van der Waals surface area contributed by atoms with Crippen molar-refractivity contribution < 1.29 is 9.53 Å². The molecule has 0 spiro atoms. The number of Topliss-reactive ketones (excluding diaryl/α,β-unsaturated/α-hetero) is 1. The first kappa shape index (κ1) is 16.6. The highest BCUT2D eigenvalue weighted by molar-refractivity contribution is 5.87. The zero-order valence-corrected chi connectivity index (χ0v) is 15.6. The van der Waals surface area contributed by atoms with E-state index < -0.39 is 0 Å². The fourth-order valence-electron chi connectivity index (χ4n) is 6.82. The minimum absolute atomic E-state index is 0.0401. The SMILES string of the molecule is C=C1CC2C(CC[C@]3(C)C(=O)CCC23)[C@@]2(C)CCC(OCC)C=C12. The van der Waals surface area contributed by atoms with E-state index in [1.165, 1.54) is 24.0 Å². The molecule has 0 aromatic heterocycles. The van der Waals surface area contributed by atoms with Crippen LogP contribution >= 0.6 is 0 Å². The number of ketones is 1. The summed E-state index contributed by atoms with van der Waals surface area (Å²) < 4.78 is 5.90. The van der Waals surface area contributed by atoms with Gasteiger partial charge in [-0.2, -0.15) is 0 Å². The van der Waals surface area contributed by atoms with Gasteiger partial charge in [0.2, 0.25) is 0 Å². The van der Waals surface area contributed by atoms with E-state index in [1.807, 2.05) is 0 Å². The molecule has 0 amide bonds. The molecule has 0 radical (unpaired) electrons. The summed E-state index contributed by atoms with van der Waals surface area (Å²) in [6.07, 6.45) is 10.3. The predicted octanol–water partition coefficient (Wildman–Crippen LogP) is 5.09. The minimum atomic E-state index is -0.0401. The van der Waals surface area contributed by atoms with Crippen molar-refractivity contribution in [2.45, 2.75) is 71.8 Å². The van der Waals surface area contributed by atoms with Crippen molar-refractivity contribution in [3.8, 4) is 0 Å². The fourth-order valence-corrected chi connectivity index (χ4v) is 6.82. The van der Waals surface area contributed by atoms with Crippen molar-refractivity contribution >= 4 is 5.78 Å². The molecule has 0 aromatic rings. The molecule has 4 aliphatic carbocycles. The van der Waals surface area contributed by atoms with Gasteiger partial charge in [0.1, 0.15) is 5.78 Å². The van der Waals surface area contributed by atoms with Crippen LogP contribution in [0.2, 0.25) is 0 Å². The van der Waals surface area contributed by atoms with Gasteiger partial charge in [0, 0.05) is 18.4 Å². The Kier molecular flexibility index (Phi) is 3.84. The molecule has 0 aliphatic heterocycles. The second kappa shape index (κ2) is 5.56. The van der Waals surface area contributed by atoms with Gasteiger partial charge in [0.25, 0.3) is 0 Å². The number of hydrogen-bond acceptors (Lipinski definition) is 2. The lowest BCUT2D eigenvalue weighted by Gasteiger charge is -2.58. The zero-order chi connectivity index (χ0) is 17.1. The van der Waals surface area contributed by atoms with Crippen molar-refractivity contribution in [1.29, 1.82) is 0 Å². The summed E-state index contributed by atoms with van der Waals surface area (Å²) in [4.78, 5) is 12.5. The maximum Gasteiger partial charge on any atom is 0.139 e. The summed E-state index contributed by atoms with van der Waals surface area (Å²) in [6, 6.07) is 0. The van der Waals surface area contributed by atoms with E-state index >= 15 is 0 Å². The lowest BCUT2D eigenvalue weighted by atomic mass is 9.46. The Bertz CT molecular complexity index is 603. The smallest absolute Gasteiger partial charge is 0.139 e. The second-order valence-electron chi connectivity index (χ2n) is 9.13. The second-order valence-corrected chi connectivity index (χ2v) is 9.13. The quantitative estimate of drug-likeness (QED) is 0.706. The highest BCUT2D eigenvalue weighted by Gasteiger charge is 2.59. The Morgan fingerprint density at radius 1 is 1.17 bits per heavy atom. The van der Waals surface area contributed by atoms with Gasteiger partial charge >= 0.3 is 0 Å². The lowest BCUT2D eigenvalue weighted by Crippen LogP contribution is -2.51. The van der Waals surface area contributed by atoms with Crippen LogP contribution in [0.1, 0.15) is 65.7 Å². The van der Waals surface area contributed by atoms with Crippen molar-refractivity contribution in [3.63, 3.8) is 0 Å². The number of rotatable bonds is 2. The van der Waals surface area contributed by atoms with Crippen LogP contribution in [0.5, 0.6) is 0 Å². The number of ether oxygens (including phenoxy) is 1. The summed E-state index contributed by atoms with van der Waals surface area (Å²) in [5, 5.41) is 0. The molecule has 4 aliphatic rings. The van der Waals surface area contributed by atoms with Crippen LogP contribution in [0.25, 0.3) is 0 Å². The van der Waals surface area contributed by atoms with E-state index in [9.17, 15) is 4.79 Å². The molecule has 6 atom stereocenters. The Hall–Kier alpha value is -0.890. The largest absolute Gasteiger partial charge is 0.374 e. The Morgan fingerprint density at radius 3 is 2.62 bits per heavy atom. The van der Waals surface area contributed by atoms with Gasteiger partial charge in [-0.05, 0) is 74.2 Å². The first-order chi connectivity index (χ1) is 11.4. The monoisotopic (exact) mass is 328 g/mol. The molecule has 0 heterocycles.